The molecule has 53 valence electrons. The molecule has 0 aliphatic heterocycles. The topological polar surface area (TPSA) is 26.3 Å². The third-order valence-electron chi connectivity index (χ3n) is 0.836. The highest BCUT2D eigenvalue weighted by Gasteiger charge is 2.15. The smallest absolute Gasteiger partial charge is 0.306 e. The standard InChI is InChI=1S/C7H13O2/c1-7(2,3)5-6(8)9-4/h4-5H2,1-3H3. The van der Waals surface area contributed by atoms with Gasteiger partial charge in [-0.3, -0.25) is 4.79 Å². The third-order valence-corrected chi connectivity index (χ3v) is 0.836. The molecule has 0 aromatic rings. The minimum Gasteiger partial charge on any atom is -0.462 e. The molecule has 0 fully saturated rings. The molecule has 0 spiro atoms. The zero-order chi connectivity index (χ0) is 7.49. The SMILES string of the molecule is [CH2]OC(=O)CC(C)(C)C. The third kappa shape index (κ3) is 5.34. The van der Waals surface area contributed by atoms with Crippen molar-refractivity contribution in [2.45, 2.75) is 27.2 Å². The lowest BCUT2D eigenvalue weighted by Gasteiger charge is -2.14. The molecule has 0 aromatic heterocycles. The van der Waals surface area contributed by atoms with Crippen LogP contribution in [0.1, 0.15) is 27.2 Å². The van der Waals surface area contributed by atoms with Crippen molar-refractivity contribution >= 4 is 5.97 Å². The van der Waals surface area contributed by atoms with Crippen molar-refractivity contribution in [3.63, 3.8) is 0 Å². The summed E-state index contributed by atoms with van der Waals surface area (Å²) in [5.74, 6) is -0.248. The van der Waals surface area contributed by atoms with Crippen LogP contribution in [0.5, 0.6) is 0 Å². The second kappa shape index (κ2) is 2.85. The Bertz CT molecular complexity index is 100.0. The lowest BCUT2D eigenvalue weighted by molar-refractivity contribution is -0.140. The lowest BCUT2D eigenvalue weighted by atomic mass is 9.93. The first-order valence-electron chi connectivity index (χ1n) is 2.90. The maximum absolute atomic E-state index is 10.5. The molecule has 0 heterocycles. The minimum atomic E-state index is -0.248. The molecule has 0 rings (SSSR count). The fourth-order valence-corrected chi connectivity index (χ4v) is 0.484. The van der Waals surface area contributed by atoms with Crippen LogP contribution >= 0.6 is 0 Å². The van der Waals surface area contributed by atoms with Crippen LogP contribution in [-0.4, -0.2) is 5.97 Å². The van der Waals surface area contributed by atoms with Gasteiger partial charge in [-0.2, -0.15) is 0 Å². The highest BCUT2D eigenvalue weighted by molar-refractivity contribution is 5.70. The first kappa shape index (κ1) is 8.47. The Balaban J connectivity index is 3.60. The van der Waals surface area contributed by atoms with E-state index in [1.54, 1.807) is 0 Å². The highest BCUT2D eigenvalue weighted by Crippen LogP contribution is 2.18. The van der Waals surface area contributed by atoms with Crippen LogP contribution in [0.25, 0.3) is 0 Å². The summed E-state index contributed by atoms with van der Waals surface area (Å²) in [6.45, 7) is 5.93. The zero-order valence-corrected chi connectivity index (χ0v) is 6.23. The molecule has 0 bridgehead atoms. The van der Waals surface area contributed by atoms with E-state index in [9.17, 15) is 4.79 Å². The summed E-state index contributed by atoms with van der Waals surface area (Å²) in [6, 6.07) is 0. The van der Waals surface area contributed by atoms with Crippen LogP contribution in [0.3, 0.4) is 0 Å². The largest absolute Gasteiger partial charge is 0.462 e. The fourth-order valence-electron chi connectivity index (χ4n) is 0.484. The average molecular weight is 129 g/mol. The summed E-state index contributed by atoms with van der Waals surface area (Å²) in [6.07, 6.45) is 0.427. The molecule has 0 aromatic carbocycles. The van der Waals surface area contributed by atoms with E-state index >= 15 is 0 Å². The maximum atomic E-state index is 10.5. The first-order chi connectivity index (χ1) is 3.95. The Labute approximate surface area is 56.2 Å². The van der Waals surface area contributed by atoms with Gasteiger partial charge in [0.1, 0.15) is 7.11 Å². The number of rotatable bonds is 1. The second-order valence-corrected chi connectivity index (χ2v) is 3.25. The summed E-state index contributed by atoms with van der Waals surface area (Å²) in [4.78, 5) is 10.5. The van der Waals surface area contributed by atoms with Crippen molar-refractivity contribution in [3.8, 4) is 0 Å². The van der Waals surface area contributed by atoms with Crippen LogP contribution in [-0.2, 0) is 9.53 Å². The molecule has 0 atom stereocenters. The Morgan fingerprint density at radius 3 is 2.11 bits per heavy atom. The minimum absolute atomic E-state index is 0.00870. The molecule has 0 saturated heterocycles. The van der Waals surface area contributed by atoms with Crippen molar-refractivity contribution in [1.29, 1.82) is 0 Å². The second-order valence-electron chi connectivity index (χ2n) is 3.25. The summed E-state index contributed by atoms with van der Waals surface area (Å²) in [7, 11) is 3.02. The fraction of sp³-hybridized carbons (Fsp3) is 0.714. The van der Waals surface area contributed by atoms with E-state index < -0.39 is 0 Å². The van der Waals surface area contributed by atoms with E-state index in [1.165, 1.54) is 0 Å². The van der Waals surface area contributed by atoms with Crippen molar-refractivity contribution in [3.05, 3.63) is 7.11 Å². The predicted octanol–water partition coefficient (Wildman–Crippen LogP) is 1.76. The Morgan fingerprint density at radius 2 is 2.00 bits per heavy atom. The molecule has 2 heteroatoms. The molecule has 0 aliphatic carbocycles. The van der Waals surface area contributed by atoms with E-state index in [4.69, 9.17) is 0 Å². The summed E-state index contributed by atoms with van der Waals surface area (Å²) in [5, 5.41) is 0. The van der Waals surface area contributed by atoms with Gasteiger partial charge in [-0.1, -0.05) is 20.8 Å². The number of carbonyl (C=O) groups excluding carboxylic acids is 1. The molecule has 0 amide bonds. The molecule has 0 unspecified atom stereocenters. The monoisotopic (exact) mass is 129 g/mol. The molecule has 2 nitrogen and oxygen atoms in total. The number of carbonyl (C=O) groups is 1. The van der Waals surface area contributed by atoms with Gasteiger partial charge in [0, 0.05) is 0 Å². The molecule has 0 saturated carbocycles. The first-order valence-corrected chi connectivity index (χ1v) is 2.90. The normalized spacial score (nSPS) is 11.1. The van der Waals surface area contributed by atoms with Crippen LogP contribution < -0.4 is 0 Å². The van der Waals surface area contributed by atoms with Gasteiger partial charge >= 0.3 is 5.97 Å². The molecule has 1 radical (unpaired) electrons. The van der Waals surface area contributed by atoms with Gasteiger partial charge in [-0.15, -0.1) is 0 Å². The molecule has 9 heavy (non-hydrogen) atoms. The number of esters is 1. The lowest BCUT2D eigenvalue weighted by Crippen LogP contribution is -2.13. The van der Waals surface area contributed by atoms with Crippen molar-refractivity contribution in [2.24, 2.45) is 5.41 Å². The summed E-state index contributed by atoms with van der Waals surface area (Å²) in [5.41, 5.74) is 0.00870. The van der Waals surface area contributed by atoms with E-state index in [-0.39, 0.29) is 11.4 Å². The van der Waals surface area contributed by atoms with E-state index in [2.05, 4.69) is 11.8 Å². The van der Waals surface area contributed by atoms with Gasteiger partial charge in [-0.25, -0.2) is 0 Å². The van der Waals surface area contributed by atoms with E-state index in [1.807, 2.05) is 20.8 Å². The molecular weight excluding hydrogens is 116 g/mol. The Hall–Kier alpha value is -0.530. The Kier molecular flexibility index (Phi) is 2.68. The summed E-state index contributed by atoms with van der Waals surface area (Å²) < 4.78 is 4.24. The van der Waals surface area contributed by atoms with Gasteiger partial charge in [0.2, 0.25) is 0 Å². The van der Waals surface area contributed by atoms with Crippen molar-refractivity contribution < 1.29 is 9.53 Å². The Morgan fingerprint density at radius 1 is 1.56 bits per heavy atom. The van der Waals surface area contributed by atoms with Gasteiger partial charge in [-0.05, 0) is 5.41 Å². The number of hydrogen-bond acceptors (Lipinski definition) is 2. The summed E-state index contributed by atoms with van der Waals surface area (Å²) >= 11 is 0. The van der Waals surface area contributed by atoms with E-state index in [0.29, 0.717) is 6.42 Å². The predicted molar refractivity (Wildman–Crippen MR) is 35.5 cm³/mol. The quantitative estimate of drug-likeness (QED) is 0.504. The van der Waals surface area contributed by atoms with Crippen molar-refractivity contribution in [1.82, 2.24) is 0 Å². The van der Waals surface area contributed by atoms with Crippen LogP contribution in [0.15, 0.2) is 0 Å². The van der Waals surface area contributed by atoms with Crippen LogP contribution in [0, 0.1) is 12.5 Å². The van der Waals surface area contributed by atoms with Gasteiger partial charge in [0.15, 0.2) is 0 Å². The number of hydrogen-bond donors (Lipinski definition) is 0. The van der Waals surface area contributed by atoms with Gasteiger partial charge < -0.3 is 4.74 Å². The van der Waals surface area contributed by atoms with Crippen molar-refractivity contribution in [2.75, 3.05) is 0 Å². The van der Waals surface area contributed by atoms with E-state index in [0.717, 1.165) is 0 Å². The average Bonchev–Trinajstić information content (AvgIpc) is 1.62. The highest BCUT2D eigenvalue weighted by atomic mass is 16.5. The van der Waals surface area contributed by atoms with Gasteiger partial charge in [0.05, 0.1) is 6.42 Å². The molecule has 0 N–H and O–H groups in total. The van der Waals surface area contributed by atoms with Crippen LogP contribution in [0.2, 0.25) is 0 Å². The molecular formula is C7H13O2. The van der Waals surface area contributed by atoms with Gasteiger partial charge in [0.25, 0.3) is 0 Å². The molecule has 0 aliphatic rings. The zero-order valence-electron chi connectivity index (χ0n) is 6.23. The maximum Gasteiger partial charge on any atom is 0.306 e. The number of ether oxygens (including phenoxy) is 1. The van der Waals surface area contributed by atoms with Crippen LogP contribution in [0.4, 0.5) is 0 Å².